The van der Waals surface area contributed by atoms with Gasteiger partial charge in [-0.25, -0.2) is 0 Å². The number of nitrogens with two attached hydrogens (primary N) is 1. The Hall–Kier alpha value is -1.36. The van der Waals surface area contributed by atoms with Crippen LogP contribution in [0.1, 0.15) is 5.56 Å². The Morgan fingerprint density at radius 3 is 2.85 bits per heavy atom. The van der Waals surface area contributed by atoms with E-state index in [2.05, 4.69) is 17.5 Å². The van der Waals surface area contributed by atoms with Crippen LogP contribution in [0.5, 0.6) is 0 Å². The highest BCUT2D eigenvalue weighted by Crippen LogP contribution is 2.29. The van der Waals surface area contributed by atoms with Crippen molar-refractivity contribution in [1.29, 1.82) is 0 Å². The maximum absolute atomic E-state index is 12.5. The van der Waals surface area contributed by atoms with E-state index in [9.17, 15) is 4.21 Å². The van der Waals surface area contributed by atoms with Crippen molar-refractivity contribution in [3.63, 3.8) is 0 Å². The summed E-state index contributed by atoms with van der Waals surface area (Å²) in [5.74, 6) is 0.453. The Morgan fingerprint density at radius 2 is 2.00 bits per heavy atom. The normalized spacial score (nSPS) is 12.7. The van der Waals surface area contributed by atoms with Gasteiger partial charge in [0, 0.05) is 15.4 Å². The maximum atomic E-state index is 12.5. The van der Waals surface area contributed by atoms with Crippen LogP contribution in [-0.4, -0.2) is 4.21 Å². The van der Waals surface area contributed by atoms with Crippen molar-refractivity contribution in [2.75, 3.05) is 5.73 Å². The third-order valence-corrected chi connectivity index (χ3v) is 5.73. The predicted octanol–water partition coefficient (Wildman–Crippen LogP) is 4.44. The van der Waals surface area contributed by atoms with E-state index in [1.54, 1.807) is 29.5 Å². The van der Waals surface area contributed by atoms with E-state index < -0.39 is 10.8 Å². The maximum Gasteiger partial charge on any atom is 0.0635 e. The molecule has 0 amide bonds. The first-order valence-electron chi connectivity index (χ1n) is 6.03. The third kappa shape index (κ3) is 2.59. The highest BCUT2D eigenvalue weighted by molar-refractivity contribution is 7.84. The molecule has 0 aliphatic rings. The molecule has 0 radical (unpaired) electrons. The van der Waals surface area contributed by atoms with Crippen LogP contribution in [0.15, 0.2) is 52.7 Å². The molecule has 0 saturated carbocycles. The van der Waals surface area contributed by atoms with Crippen LogP contribution in [-0.2, 0) is 16.6 Å². The number of fused-ring (bicyclic) bond motifs is 1. The number of hydrogen-bond donors (Lipinski definition) is 1. The molecule has 0 spiro atoms. The third-order valence-electron chi connectivity index (χ3n) is 3.07. The molecule has 2 nitrogen and oxygen atoms in total. The Kier molecular flexibility index (Phi) is 3.78. The van der Waals surface area contributed by atoms with Gasteiger partial charge in [-0.05, 0) is 40.6 Å². The fraction of sp³-hybridized carbons (Fsp3) is 0.0667. The molecule has 0 fully saturated rings. The number of thiophene rings is 1. The summed E-state index contributed by atoms with van der Waals surface area (Å²) < 4.78 is 13.7. The van der Waals surface area contributed by atoms with Crippen LogP contribution >= 0.6 is 22.9 Å². The number of benzene rings is 2. The molecule has 2 aromatic carbocycles. The Labute approximate surface area is 128 Å². The van der Waals surface area contributed by atoms with Crippen molar-refractivity contribution in [3.05, 3.63) is 58.4 Å². The monoisotopic (exact) mass is 321 g/mol. The molecule has 1 heterocycles. The summed E-state index contributed by atoms with van der Waals surface area (Å²) in [7, 11) is -1.19. The van der Waals surface area contributed by atoms with Gasteiger partial charge in [-0.3, -0.25) is 4.21 Å². The van der Waals surface area contributed by atoms with Gasteiger partial charge in [-0.1, -0.05) is 29.8 Å². The molecular formula is C15H12ClNOS2. The molecule has 1 aromatic heterocycles. The average Bonchev–Trinajstić information content (AvgIpc) is 2.85. The predicted molar refractivity (Wildman–Crippen MR) is 87.8 cm³/mol. The molecular weight excluding hydrogens is 310 g/mol. The van der Waals surface area contributed by atoms with Crippen molar-refractivity contribution >= 4 is 49.5 Å². The van der Waals surface area contributed by atoms with E-state index in [1.807, 2.05) is 12.1 Å². The molecule has 0 aliphatic carbocycles. The first-order chi connectivity index (χ1) is 9.65. The Balaban J connectivity index is 1.94. The molecule has 5 heteroatoms. The molecule has 2 N–H and O–H groups in total. The van der Waals surface area contributed by atoms with Crippen molar-refractivity contribution < 1.29 is 4.21 Å². The zero-order chi connectivity index (χ0) is 14.1. The smallest absolute Gasteiger partial charge is 0.0635 e. The number of halogens is 1. The van der Waals surface area contributed by atoms with Gasteiger partial charge in [0.15, 0.2) is 0 Å². The lowest BCUT2D eigenvalue weighted by Crippen LogP contribution is -2.00. The average molecular weight is 322 g/mol. The number of hydrogen-bond acceptors (Lipinski definition) is 3. The fourth-order valence-corrected chi connectivity index (χ4v) is 4.64. The zero-order valence-electron chi connectivity index (χ0n) is 10.5. The van der Waals surface area contributed by atoms with Gasteiger partial charge in [0.05, 0.1) is 21.4 Å². The molecule has 0 saturated heterocycles. The van der Waals surface area contributed by atoms with Crippen LogP contribution in [0.25, 0.3) is 10.1 Å². The summed E-state index contributed by atoms with van der Waals surface area (Å²) in [6.45, 7) is 0. The van der Waals surface area contributed by atoms with Crippen LogP contribution < -0.4 is 5.73 Å². The summed E-state index contributed by atoms with van der Waals surface area (Å²) in [5.41, 5.74) is 7.49. The van der Waals surface area contributed by atoms with Crippen molar-refractivity contribution in [3.8, 4) is 0 Å². The lowest BCUT2D eigenvalue weighted by atomic mass is 10.2. The number of anilines is 1. The quantitative estimate of drug-likeness (QED) is 0.724. The summed E-state index contributed by atoms with van der Waals surface area (Å²) in [5, 5.41) is 3.77. The molecule has 3 rings (SSSR count). The van der Waals surface area contributed by atoms with Crippen LogP contribution in [0.4, 0.5) is 5.69 Å². The second-order valence-electron chi connectivity index (χ2n) is 4.43. The van der Waals surface area contributed by atoms with E-state index in [1.165, 1.54) is 4.70 Å². The summed E-state index contributed by atoms with van der Waals surface area (Å²) in [4.78, 5) is 0.604. The first-order valence-corrected chi connectivity index (χ1v) is 8.61. The highest BCUT2D eigenvalue weighted by Gasteiger charge is 2.12. The lowest BCUT2D eigenvalue weighted by Gasteiger charge is -2.06. The summed E-state index contributed by atoms with van der Waals surface area (Å²) in [6, 6.07) is 13.2. The van der Waals surface area contributed by atoms with Gasteiger partial charge in [0.25, 0.3) is 0 Å². The fourth-order valence-electron chi connectivity index (χ4n) is 2.07. The molecule has 0 bridgehead atoms. The van der Waals surface area contributed by atoms with E-state index >= 15 is 0 Å². The molecule has 102 valence electrons. The Morgan fingerprint density at radius 1 is 1.20 bits per heavy atom. The SMILES string of the molecule is Nc1ccc(Cl)cc1S(=O)Cc1csc2ccccc12. The van der Waals surface area contributed by atoms with Gasteiger partial charge in [0.1, 0.15) is 0 Å². The zero-order valence-corrected chi connectivity index (χ0v) is 12.9. The highest BCUT2D eigenvalue weighted by atomic mass is 35.5. The van der Waals surface area contributed by atoms with Crippen molar-refractivity contribution in [2.45, 2.75) is 10.6 Å². The van der Waals surface area contributed by atoms with Crippen LogP contribution in [0.3, 0.4) is 0 Å². The first kappa shape index (κ1) is 13.6. The molecule has 1 unspecified atom stereocenters. The van der Waals surface area contributed by atoms with Gasteiger partial charge in [0.2, 0.25) is 0 Å². The van der Waals surface area contributed by atoms with Gasteiger partial charge in [-0.15, -0.1) is 11.3 Å². The second-order valence-corrected chi connectivity index (χ2v) is 7.20. The molecule has 0 aliphatic heterocycles. The van der Waals surface area contributed by atoms with Gasteiger partial charge < -0.3 is 5.73 Å². The van der Waals surface area contributed by atoms with E-state index in [0.29, 0.717) is 21.4 Å². The largest absolute Gasteiger partial charge is 0.398 e. The minimum Gasteiger partial charge on any atom is -0.398 e. The number of rotatable bonds is 3. The minimum absolute atomic E-state index is 0.453. The van der Waals surface area contributed by atoms with Crippen LogP contribution in [0.2, 0.25) is 5.02 Å². The lowest BCUT2D eigenvalue weighted by molar-refractivity contribution is 0.683. The van der Waals surface area contributed by atoms with Crippen molar-refractivity contribution in [2.24, 2.45) is 0 Å². The van der Waals surface area contributed by atoms with Gasteiger partial charge >= 0.3 is 0 Å². The van der Waals surface area contributed by atoms with Crippen LogP contribution in [0, 0.1) is 0 Å². The molecule has 20 heavy (non-hydrogen) atoms. The summed E-state index contributed by atoms with van der Waals surface area (Å²) >= 11 is 7.62. The second kappa shape index (κ2) is 5.56. The number of nitrogen functional groups attached to an aromatic ring is 1. The molecule has 3 aromatic rings. The topological polar surface area (TPSA) is 43.1 Å². The standard InChI is InChI=1S/C15H12ClNOS2/c16-11-5-6-13(17)15(7-11)20(18)9-10-8-19-14-4-2-1-3-12(10)14/h1-8H,9,17H2. The van der Waals surface area contributed by atoms with Gasteiger partial charge in [-0.2, -0.15) is 0 Å². The summed E-state index contributed by atoms with van der Waals surface area (Å²) in [6.07, 6.45) is 0. The van der Waals surface area contributed by atoms with E-state index in [0.717, 1.165) is 10.9 Å². The van der Waals surface area contributed by atoms with E-state index in [4.69, 9.17) is 17.3 Å². The minimum atomic E-state index is -1.19. The molecule has 1 atom stereocenters. The van der Waals surface area contributed by atoms with E-state index in [-0.39, 0.29) is 0 Å². The van der Waals surface area contributed by atoms with Crippen molar-refractivity contribution in [1.82, 2.24) is 0 Å². The Bertz CT molecular complexity index is 797.